The number of pyridine rings is 1. The standard InChI is InChI=1S/C21H17ClN4O5S2/c1-23-13-6-7-14-15(10-13)25-20(28)18(19(14)27)11-2-4-12(5-3-11)24-21(29)26-33(30,31)17-9-8-16(22)32-17/h2-10,23H,1H3,(H2,24,26,29)(H2,25,27,28). The van der Waals surface area contributed by atoms with E-state index in [2.05, 4.69) is 15.6 Å². The molecule has 0 saturated carbocycles. The van der Waals surface area contributed by atoms with Gasteiger partial charge in [0.2, 0.25) is 0 Å². The first-order valence-corrected chi connectivity index (χ1v) is 12.1. The Hall–Kier alpha value is -3.54. The molecule has 2 heterocycles. The largest absolute Gasteiger partial charge is 0.506 e. The molecule has 0 aliphatic rings. The summed E-state index contributed by atoms with van der Waals surface area (Å²) in [4.78, 5) is 27.5. The van der Waals surface area contributed by atoms with Crippen molar-refractivity contribution < 1.29 is 18.3 Å². The summed E-state index contributed by atoms with van der Waals surface area (Å²) in [6.07, 6.45) is 0. The van der Waals surface area contributed by atoms with Crippen molar-refractivity contribution in [3.8, 4) is 16.9 Å². The average molecular weight is 505 g/mol. The number of thiophene rings is 1. The Kier molecular flexibility index (Phi) is 6.02. The molecule has 0 aliphatic carbocycles. The summed E-state index contributed by atoms with van der Waals surface area (Å²) in [5, 5.41) is 16.6. The van der Waals surface area contributed by atoms with E-state index in [-0.39, 0.29) is 25.5 Å². The Balaban J connectivity index is 1.55. The van der Waals surface area contributed by atoms with Gasteiger partial charge in [0, 0.05) is 23.8 Å². The van der Waals surface area contributed by atoms with E-state index in [0.717, 1.165) is 17.0 Å². The molecule has 0 atom stereocenters. The van der Waals surface area contributed by atoms with E-state index >= 15 is 0 Å². The summed E-state index contributed by atoms with van der Waals surface area (Å²) in [7, 11) is -2.31. The number of nitrogens with one attached hydrogen (secondary N) is 4. The van der Waals surface area contributed by atoms with Gasteiger partial charge in [-0.05, 0) is 48.0 Å². The maximum absolute atomic E-state index is 12.6. The number of anilines is 2. The number of carbonyl (C=O) groups excluding carboxylic acids is 1. The van der Waals surface area contributed by atoms with E-state index in [1.54, 1.807) is 25.2 Å². The highest BCUT2D eigenvalue weighted by Crippen LogP contribution is 2.33. The Labute approximate surface area is 197 Å². The lowest BCUT2D eigenvalue weighted by atomic mass is 10.0. The van der Waals surface area contributed by atoms with Crippen LogP contribution >= 0.6 is 22.9 Å². The minimum absolute atomic E-state index is 0.0767. The first-order valence-electron chi connectivity index (χ1n) is 9.44. The number of fused-ring (bicyclic) bond motifs is 1. The minimum atomic E-state index is -4.06. The first kappa shape index (κ1) is 22.6. The number of urea groups is 1. The zero-order valence-corrected chi connectivity index (χ0v) is 19.4. The number of sulfonamides is 1. The fraction of sp³-hybridized carbons (Fsp3) is 0.0476. The van der Waals surface area contributed by atoms with Gasteiger partial charge in [0.05, 0.1) is 15.4 Å². The molecule has 0 spiro atoms. The second kappa shape index (κ2) is 8.77. The quantitative estimate of drug-likeness (QED) is 0.276. The second-order valence-electron chi connectivity index (χ2n) is 6.88. The molecule has 0 bridgehead atoms. The van der Waals surface area contributed by atoms with Crippen LogP contribution in [0.15, 0.2) is 63.6 Å². The molecule has 12 heteroatoms. The van der Waals surface area contributed by atoms with Crippen LogP contribution in [0.25, 0.3) is 22.0 Å². The summed E-state index contributed by atoms with van der Waals surface area (Å²) < 4.78 is 26.5. The number of H-pyrrole nitrogens is 1. The van der Waals surface area contributed by atoms with Crippen molar-refractivity contribution in [2.75, 3.05) is 17.7 Å². The van der Waals surface area contributed by atoms with Gasteiger partial charge in [-0.1, -0.05) is 23.7 Å². The van der Waals surface area contributed by atoms with Crippen LogP contribution in [-0.4, -0.2) is 31.6 Å². The summed E-state index contributed by atoms with van der Waals surface area (Å²) in [6.45, 7) is 0. The van der Waals surface area contributed by atoms with Gasteiger partial charge in [0.1, 0.15) is 9.96 Å². The van der Waals surface area contributed by atoms with Crippen LogP contribution in [0.2, 0.25) is 4.34 Å². The highest BCUT2D eigenvalue weighted by Gasteiger charge is 2.20. The summed E-state index contributed by atoms with van der Waals surface area (Å²) >= 11 is 6.57. The highest BCUT2D eigenvalue weighted by molar-refractivity contribution is 7.92. The topological polar surface area (TPSA) is 140 Å². The van der Waals surface area contributed by atoms with Crippen LogP contribution in [0.4, 0.5) is 16.2 Å². The van der Waals surface area contributed by atoms with E-state index < -0.39 is 21.6 Å². The van der Waals surface area contributed by atoms with Crippen LogP contribution in [0.5, 0.6) is 5.75 Å². The maximum atomic E-state index is 12.6. The molecular weight excluding hydrogens is 488 g/mol. The molecule has 5 N–H and O–H groups in total. The zero-order chi connectivity index (χ0) is 23.8. The molecule has 4 aromatic rings. The van der Waals surface area contributed by atoms with Crippen molar-refractivity contribution in [3.05, 3.63) is 69.3 Å². The number of halogens is 1. The Morgan fingerprint density at radius 1 is 1.06 bits per heavy atom. The third-order valence-corrected chi connectivity index (χ3v) is 7.80. The molecule has 0 fully saturated rings. The average Bonchev–Trinajstić information content (AvgIpc) is 3.21. The predicted octanol–water partition coefficient (Wildman–Crippen LogP) is 4.17. The number of rotatable bonds is 5. The van der Waals surface area contributed by atoms with E-state index in [9.17, 15) is 23.1 Å². The van der Waals surface area contributed by atoms with Crippen molar-refractivity contribution >= 4 is 61.3 Å². The van der Waals surface area contributed by atoms with E-state index in [1.165, 1.54) is 36.4 Å². The lowest BCUT2D eigenvalue weighted by Gasteiger charge is -2.11. The Morgan fingerprint density at radius 3 is 2.39 bits per heavy atom. The van der Waals surface area contributed by atoms with Crippen LogP contribution in [-0.2, 0) is 10.0 Å². The third-order valence-electron chi connectivity index (χ3n) is 4.75. The fourth-order valence-corrected chi connectivity index (χ4v) is 5.59. The number of aromatic hydroxyl groups is 1. The van der Waals surface area contributed by atoms with E-state index in [4.69, 9.17) is 11.6 Å². The number of carbonyl (C=O) groups is 1. The fourth-order valence-electron chi connectivity index (χ4n) is 3.20. The van der Waals surface area contributed by atoms with Gasteiger partial charge >= 0.3 is 6.03 Å². The number of aromatic nitrogens is 1. The SMILES string of the molecule is CNc1ccc2c(O)c(-c3ccc(NC(=O)NS(=O)(=O)c4ccc(Cl)s4)cc3)c(=O)[nH]c2c1. The molecule has 33 heavy (non-hydrogen) atoms. The molecule has 0 saturated heterocycles. The monoisotopic (exact) mass is 504 g/mol. The van der Waals surface area contributed by atoms with Gasteiger partial charge in [-0.3, -0.25) is 4.79 Å². The van der Waals surface area contributed by atoms with Gasteiger partial charge < -0.3 is 20.7 Å². The number of benzene rings is 2. The molecule has 170 valence electrons. The maximum Gasteiger partial charge on any atom is 0.333 e. The van der Waals surface area contributed by atoms with E-state index in [0.29, 0.717) is 16.5 Å². The molecule has 0 aliphatic heterocycles. The number of hydrogen-bond donors (Lipinski definition) is 5. The molecule has 2 aromatic heterocycles. The first-order chi connectivity index (χ1) is 15.7. The Bertz CT molecular complexity index is 1530. The molecule has 2 amide bonds. The molecule has 9 nitrogen and oxygen atoms in total. The predicted molar refractivity (Wildman–Crippen MR) is 130 cm³/mol. The molecular formula is C21H17ClN4O5S2. The number of amides is 2. The Morgan fingerprint density at radius 2 is 1.76 bits per heavy atom. The molecule has 0 radical (unpaired) electrons. The summed E-state index contributed by atoms with van der Waals surface area (Å²) in [5.41, 5.74) is 1.56. The van der Waals surface area contributed by atoms with Crippen molar-refractivity contribution in [1.82, 2.24) is 9.71 Å². The van der Waals surface area contributed by atoms with Gasteiger partial charge in [-0.25, -0.2) is 17.9 Å². The van der Waals surface area contributed by atoms with Crippen LogP contribution in [0.1, 0.15) is 0 Å². The van der Waals surface area contributed by atoms with Crippen LogP contribution in [0.3, 0.4) is 0 Å². The van der Waals surface area contributed by atoms with Crippen molar-refractivity contribution in [1.29, 1.82) is 0 Å². The molecule has 0 unspecified atom stereocenters. The van der Waals surface area contributed by atoms with Crippen LogP contribution in [0, 0.1) is 0 Å². The summed E-state index contributed by atoms with van der Waals surface area (Å²) in [5.74, 6) is -0.171. The van der Waals surface area contributed by atoms with Gasteiger partial charge in [-0.15, -0.1) is 11.3 Å². The van der Waals surface area contributed by atoms with Crippen LogP contribution < -0.4 is 20.9 Å². The lowest BCUT2D eigenvalue weighted by Crippen LogP contribution is -2.33. The van der Waals surface area contributed by atoms with Gasteiger partial charge in [0.15, 0.2) is 0 Å². The molecule has 4 rings (SSSR count). The van der Waals surface area contributed by atoms with Crippen molar-refractivity contribution in [2.45, 2.75) is 4.21 Å². The third kappa shape index (κ3) is 4.65. The van der Waals surface area contributed by atoms with E-state index in [1.807, 2.05) is 4.72 Å². The second-order valence-corrected chi connectivity index (χ2v) is 10.5. The highest BCUT2D eigenvalue weighted by atomic mass is 35.5. The van der Waals surface area contributed by atoms with Gasteiger partial charge in [0.25, 0.3) is 15.6 Å². The molecule has 2 aromatic carbocycles. The minimum Gasteiger partial charge on any atom is -0.506 e. The van der Waals surface area contributed by atoms with Gasteiger partial charge in [-0.2, -0.15) is 0 Å². The van der Waals surface area contributed by atoms with Crippen molar-refractivity contribution in [2.24, 2.45) is 0 Å². The van der Waals surface area contributed by atoms with Crippen molar-refractivity contribution in [3.63, 3.8) is 0 Å². The smallest absolute Gasteiger partial charge is 0.333 e. The lowest BCUT2D eigenvalue weighted by molar-refractivity contribution is 0.256. The normalized spacial score (nSPS) is 11.3. The number of aromatic amines is 1. The summed E-state index contributed by atoms with van der Waals surface area (Å²) in [6, 6.07) is 13.0. The zero-order valence-electron chi connectivity index (χ0n) is 17.0. The number of hydrogen-bond acceptors (Lipinski definition) is 7.